The molecule has 0 bridgehead atoms. The Balaban J connectivity index is 1.83. The molecule has 2 amide bonds. The first-order chi connectivity index (χ1) is 11.7. The third-order valence-electron chi connectivity index (χ3n) is 3.44. The fourth-order valence-corrected chi connectivity index (χ4v) is 2.55. The summed E-state index contributed by atoms with van der Waals surface area (Å²) >= 11 is 5.53. The van der Waals surface area contributed by atoms with Crippen molar-refractivity contribution >= 4 is 29.4 Å². The second-order valence-corrected chi connectivity index (χ2v) is 5.43. The molecule has 25 heavy (non-hydrogen) atoms. The number of benzene rings is 2. The highest BCUT2D eigenvalue weighted by Crippen LogP contribution is 2.35. The van der Waals surface area contributed by atoms with Crippen molar-refractivity contribution in [2.75, 3.05) is 0 Å². The van der Waals surface area contributed by atoms with Crippen LogP contribution in [0.15, 0.2) is 42.5 Å². The van der Waals surface area contributed by atoms with Crippen molar-refractivity contribution in [3.8, 4) is 0 Å². The summed E-state index contributed by atoms with van der Waals surface area (Å²) < 4.78 is 38.0. The SMILES string of the molecule is O=C(ON1C(=O)c2ccccc2C1=O)c1ccc(C(F)(F)F)c(Cl)c1. The molecular formula is C16H7ClF3NO4. The van der Waals surface area contributed by atoms with Crippen LogP contribution < -0.4 is 0 Å². The maximum absolute atomic E-state index is 12.7. The normalized spacial score (nSPS) is 13.8. The number of amides is 2. The van der Waals surface area contributed by atoms with Crippen molar-refractivity contribution < 1.29 is 32.4 Å². The van der Waals surface area contributed by atoms with Crippen LogP contribution in [-0.2, 0) is 11.0 Å². The smallest absolute Gasteiger partial charge is 0.324 e. The molecule has 0 saturated heterocycles. The summed E-state index contributed by atoms with van der Waals surface area (Å²) in [7, 11) is 0. The van der Waals surface area contributed by atoms with Crippen molar-refractivity contribution in [2.45, 2.75) is 6.18 Å². The number of hydrogen-bond acceptors (Lipinski definition) is 4. The number of carbonyl (C=O) groups is 3. The van der Waals surface area contributed by atoms with Crippen molar-refractivity contribution in [2.24, 2.45) is 0 Å². The number of rotatable bonds is 2. The zero-order valence-corrected chi connectivity index (χ0v) is 12.9. The zero-order chi connectivity index (χ0) is 18.4. The number of hydroxylamine groups is 2. The van der Waals surface area contributed by atoms with E-state index in [1.807, 2.05) is 0 Å². The van der Waals surface area contributed by atoms with Gasteiger partial charge in [-0.2, -0.15) is 13.2 Å². The molecule has 128 valence electrons. The largest absolute Gasteiger partial charge is 0.417 e. The third-order valence-corrected chi connectivity index (χ3v) is 3.75. The molecular weight excluding hydrogens is 363 g/mol. The summed E-state index contributed by atoms with van der Waals surface area (Å²) in [6.45, 7) is 0. The highest BCUT2D eigenvalue weighted by molar-refractivity contribution is 6.31. The van der Waals surface area contributed by atoms with Gasteiger partial charge in [-0.3, -0.25) is 9.59 Å². The van der Waals surface area contributed by atoms with E-state index in [1.54, 1.807) is 0 Å². The van der Waals surface area contributed by atoms with Gasteiger partial charge in [0.15, 0.2) is 0 Å². The summed E-state index contributed by atoms with van der Waals surface area (Å²) in [5, 5.41) is -0.442. The second-order valence-electron chi connectivity index (χ2n) is 5.02. The van der Waals surface area contributed by atoms with Crippen LogP contribution >= 0.6 is 11.6 Å². The maximum Gasteiger partial charge on any atom is 0.417 e. The van der Waals surface area contributed by atoms with Crippen LogP contribution in [-0.4, -0.2) is 22.8 Å². The number of hydrogen-bond donors (Lipinski definition) is 0. The number of imide groups is 1. The van der Waals surface area contributed by atoms with Gasteiger partial charge in [-0.05, 0) is 30.3 Å². The van der Waals surface area contributed by atoms with Crippen LogP contribution in [0.4, 0.5) is 13.2 Å². The highest BCUT2D eigenvalue weighted by atomic mass is 35.5. The molecule has 0 unspecified atom stereocenters. The maximum atomic E-state index is 12.7. The number of alkyl halides is 3. The Morgan fingerprint density at radius 2 is 1.56 bits per heavy atom. The minimum Gasteiger partial charge on any atom is -0.324 e. The molecule has 1 aliphatic heterocycles. The standard InChI is InChI=1S/C16H7ClF3NO4/c17-12-7-8(5-6-11(12)16(18,19)20)15(24)25-21-13(22)9-3-1-2-4-10(9)14(21)23/h1-7H. The van der Waals surface area contributed by atoms with Crippen LogP contribution in [0.25, 0.3) is 0 Å². The first-order valence-corrected chi connectivity index (χ1v) is 7.15. The predicted molar refractivity (Wildman–Crippen MR) is 78.8 cm³/mol. The van der Waals surface area contributed by atoms with E-state index in [-0.39, 0.29) is 21.8 Å². The fraction of sp³-hybridized carbons (Fsp3) is 0.0625. The lowest BCUT2D eigenvalue weighted by molar-refractivity contribution is -0.137. The van der Waals surface area contributed by atoms with Crippen molar-refractivity contribution in [3.05, 3.63) is 69.7 Å². The molecule has 3 rings (SSSR count). The van der Waals surface area contributed by atoms with Gasteiger partial charge in [-0.15, -0.1) is 0 Å². The molecule has 0 saturated carbocycles. The van der Waals surface area contributed by atoms with E-state index in [2.05, 4.69) is 0 Å². The zero-order valence-electron chi connectivity index (χ0n) is 12.1. The van der Waals surface area contributed by atoms with Gasteiger partial charge in [-0.1, -0.05) is 28.8 Å². The lowest BCUT2D eigenvalue weighted by Crippen LogP contribution is -2.32. The Morgan fingerprint density at radius 3 is 2.04 bits per heavy atom. The Labute approximate surface area is 143 Å². The monoisotopic (exact) mass is 369 g/mol. The quantitative estimate of drug-likeness (QED) is 0.757. The van der Waals surface area contributed by atoms with E-state index in [9.17, 15) is 27.6 Å². The van der Waals surface area contributed by atoms with Gasteiger partial charge in [0.25, 0.3) is 11.8 Å². The van der Waals surface area contributed by atoms with Gasteiger partial charge in [0.05, 0.1) is 27.3 Å². The summed E-state index contributed by atoms with van der Waals surface area (Å²) in [5.41, 5.74) is -1.34. The van der Waals surface area contributed by atoms with Gasteiger partial charge < -0.3 is 4.84 Å². The number of nitrogens with zero attached hydrogens (tertiary/aromatic N) is 1. The molecule has 9 heteroatoms. The van der Waals surface area contributed by atoms with E-state index in [4.69, 9.17) is 16.4 Å². The molecule has 2 aromatic carbocycles. The molecule has 0 aromatic heterocycles. The van der Waals surface area contributed by atoms with Crippen LogP contribution in [0, 0.1) is 0 Å². The highest BCUT2D eigenvalue weighted by Gasteiger charge is 2.39. The van der Waals surface area contributed by atoms with Gasteiger partial charge in [0.1, 0.15) is 0 Å². The molecule has 0 atom stereocenters. The molecule has 2 aromatic rings. The van der Waals surface area contributed by atoms with E-state index < -0.39 is 34.5 Å². The summed E-state index contributed by atoms with van der Waals surface area (Å²) in [6.07, 6.45) is -4.68. The lowest BCUT2D eigenvalue weighted by Gasteiger charge is -2.14. The molecule has 5 nitrogen and oxygen atoms in total. The van der Waals surface area contributed by atoms with Gasteiger partial charge in [0.2, 0.25) is 0 Å². The summed E-state index contributed by atoms with van der Waals surface area (Å²) in [6, 6.07) is 8.05. The number of carbonyl (C=O) groups excluding carboxylic acids is 3. The van der Waals surface area contributed by atoms with Crippen LogP contribution in [0.3, 0.4) is 0 Å². The topological polar surface area (TPSA) is 63.7 Å². The Morgan fingerprint density at radius 1 is 1.00 bits per heavy atom. The Bertz CT molecular complexity index is 875. The average Bonchev–Trinajstić information content (AvgIpc) is 2.79. The molecule has 0 spiro atoms. The van der Waals surface area contributed by atoms with Gasteiger partial charge >= 0.3 is 12.1 Å². The molecule has 1 heterocycles. The first-order valence-electron chi connectivity index (χ1n) is 6.77. The van der Waals surface area contributed by atoms with Crippen molar-refractivity contribution in [1.29, 1.82) is 0 Å². The third kappa shape index (κ3) is 2.96. The van der Waals surface area contributed by atoms with E-state index in [0.717, 1.165) is 12.1 Å². The summed E-state index contributed by atoms with van der Waals surface area (Å²) in [4.78, 5) is 40.9. The fourth-order valence-electron chi connectivity index (χ4n) is 2.26. The van der Waals surface area contributed by atoms with E-state index in [1.165, 1.54) is 24.3 Å². The van der Waals surface area contributed by atoms with Crippen LogP contribution in [0.1, 0.15) is 36.6 Å². The Kier molecular flexibility index (Phi) is 4.00. The molecule has 0 radical (unpaired) electrons. The molecule has 1 aliphatic rings. The van der Waals surface area contributed by atoms with Crippen LogP contribution in [0.2, 0.25) is 5.02 Å². The molecule has 0 aliphatic carbocycles. The van der Waals surface area contributed by atoms with Crippen molar-refractivity contribution in [1.82, 2.24) is 5.06 Å². The average molecular weight is 370 g/mol. The van der Waals surface area contributed by atoms with Gasteiger partial charge in [0, 0.05) is 0 Å². The van der Waals surface area contributed by atoms with E-state index >= 15 is 0 Å². The minimum absolute atomic E-state index is 0.0609. The predicted octanol–water partition coefficient (Wildman–Crippen LogP) is 3.73. The lowest BCUT2D eigenvalue weighted by atomic mass is 10.1. The number of halogens is 4. The van der Waals surface area contributed by atoms with Gasteiger partial charge in [-0.25, -0.2) is 4.79 Å². The van der Waals surface area contributed by atoms with Crippen molar-refractivity contribution in [3.63, 3.8) is 0 Å². The van der Waals surface area contributed by atoms with Crippen LogP contribution in [0.5, 0.6) is 0 Å². The second kappa shape index (κ2) is 5.89. The summed E-state index contributed by atoms with van der Waals surface area (Å²) in [5.74, 6) is -2.87. The molecule has 0 N–H and O–H groups in total. The Hall–Kier alpha value is -2.87. The number of fused-ring (bicyclic) bond motifs is 1. The minimum atomic E-state index is -4.68. The van der Waals surface area contributed by atoms with E-state index in [0.29, 0.717) is 6.07 Å². The molecule has 0 fully saturated rings. The first kappa shape index (κ1) is 17.0.